The number of hydrogen-bond donors (Lipinski definition) is 1. The highest BCUT2D eigenvalue weighted by atomic mass is 32.2. The van der Waals surface area contributed by atoms with E-state index >= 15 is 0 Å². The Morgan fingerprint density at radius 1 is 1.50 bits per heavy atom. The molecule has 0 amide bonds. The first kappa shape index (κ1) is 11.4. The van der Waals surface area contributed by atoms with Gasteiger partial charge in [-0.1, -0.05) is 20.3 Å². The van der Waals surface area contributed by atoms with Crippen molar-refractivity contribution in [3.8, 4) is 0 Å². The molecule has 0 spiro atoms. The minimum atomic E-state index is 0.718. The summed E-state index contributed by atoms with van der Waals surface area (Å²) in [7, 11) is 0. The van der Waals surface area contributed by atoms with Crippen LogP contribution in [0.2, 0.25) is 0 Å². The summed E-state index contributed by atoms with van der Waals surface area (Å²) in [5, 5.41) is 4.44. The molecule has 1 rings (SSSR count). The van der Waals surface area contributed by atoms with Crippen LogP contribution in [0.25, 0.3) is 0 Å². The first-order valence-corrected chi connectivity index (χ1v) is 6.22. The predicted molar refractivity (Wildman–Crippen MR) is 64.0 cm³/mol. The van der Waals surface area contributed by atoms with Crippen molar-refractivity contribution in [3.63, 3.8) is 0 Å². The van der Waals surface area contributed by atoms with E-state index in [1.807, 2.05) is 18.5 Å². The van der Waals surface area contributed by atoms with Crippen molar-refractivity contribution in [2.24, 2.45) is 5.92 Å². The maximum absolute atomic E-state index is 4.30. The van der Waals surface area contributed by atoms with Gasteiger partial charge in [-0.05, 0) is 24.3 Å². The molecule has 1 aromatic rings. The fraction of sp³-hybridized carbons (Fsp3) is 0.545. The smallest absolute Gasteiger partial charge is 0.0958 e. The molecule has 0 aliphatic rings. The highest BCUT2D eigenvalue weighted by Crippen LogP contribution is 2.14. The zero-order chi connectivity index (χ0) is 10.4. The van der Waals surface area contributed by atoms with Gasteiger partial charge < -0.3 is 5.32 Å². The molecule has 0 radical (unpaired) electrons. The van der Waals surface area contributed by atoms with Gasteiger partial charge in [0.25, 0.3) is 0 Å². The van der Waals surface area contributed by atoms with Crippen LogP contribution in [0.3, 0.4) is 0 Å². The molecule has 14 heavy (non-hydrogen) atoms. The number of pyridine rings is 1. The van der Waals surface area contributed by atoms with Crippen molar-refractivity contribution in [1.29, 1.82) is 0 Å². The third-order valence-electron chi connectivity index (χ3n) is 2.30. The standard InChI is InChI=1S/C11H18N2S/c1-4-9(2)7-12-10-5-6-11(14-3)13-8-10/h5-6,8-9,12H,4,7H2,1-3H3. The van der Waals surface area contributed by atoms with Gasteiger partial charge in [0.15, 0.2) is 0 Å². The Morgan fingerprint density at radius 2 is 2.29 bits per heavy atom. The Bertz CT molecular complexity index is 258. The maximum atomic E-state index is 4.30. The summed E-state index contributed by atoms with van der Waals surface area (Å²) < 4.78 is 0. The van der Waals surface area contributed by atoms with E-state index in [0.717, 1.165) is 23.2 Å². The van der Waals surface area contributed by atoms with Crippen LogP contribution in [0.15, 0.2) is 23.4 Å². The number of anilines is 1. The van der Waals surface area contributed by atoms with Gasteiger partial charge in [0.05, 0.1) is 16.9 Å². The van der Waals surface area contributed by atoms with E-state index in [1.165, 1.54) is 6.42 Å². The van der Waals surface area contributed by atoms with E-state index in [1.54, 1.807) is 11.8 Å². The highest BCUT2D eigenvalue weighted by Gasteiger charge is 1.98. The highest BCUT2D eigenvalue weighted by molar-refractivity contribution is 7.98. The third-order valence-corrected chi connectivity index (χ3v) is 2.96. The van der Waals surface area contributed by atoms with E-state index < -0.39 is 0 Å². The zero-order valence-electron chi connectivity index (χ0n) is 9.08. The van der Waals surface area contributed by atoms with Crippen LogP contribution in [0.1, 0.15) is 20.3 Å². The first-order valence-electron chi connectivity index (χ1n) is 5.00. The van der Waals surface area contributed by atoms with E-state index in [-0.39, 0.29) is 0 Å². The van der Waals surface area contributed by atoms with Crippen LogP contribution in [-0.2, 0) is 0 Å². The van der Waals surface area contributed by atoms with Gasteiger partial charge in [-0.25, -0.2) is 4.98 Å². The minimum Gasteiger partial charge on any atom is -0.384 e. The van der Waals surface area contributed by atoms with Crippen molar-refractivity contribution < 1.29 is 0 Å². The molecule has 1 aromatic heterocycles. The Balaban J connectivity index is 2.43. The normalized spacial score (nSPS) is 12.5. The van der Waals surface area contributed by atoms with Gasteiger partial charge >= 0.3 is 0 Å². The van der Waals surface area contributed by atoms with Crippen LogP contribution in [-0.4, -0.2) is 17.8 Å². The molecule has 0 saturated carbocycles. The Labute approximate surface area is 90.5 Å². The Hall–Kier alpha value is -0.700. The topological polar surface area (TPSA) is 24.9 Å². The fourth-order valence-corrected chi connectivity index (χ4v) is 1.40. The van der Waals surface area contributed by atoms with Crippen LogP contribution in [0, 0.1) is 5.92 Å². The number of hydrogen-bond acceptors (Lipinski definition) is 3. The monoisotopic (exact) mass is 210 g/mol. The summed E-state index contributed by atoms with van der Waals surface area (Å²) in [6.07, 6.45) is 5.14. The van der Waals surface area contributed by atoms with Crippen LogP contribution < -0.4 is 5.32 Å². The van der Waals surface area contributed by atoms with Crippen LogP contribution >= 0.6 is 11.8 Å². The molecule has 2 nitrogen and oxygen atoms in total. The van der Waals surface area contributed by atoms with Crippen molar-refractivity contribution in [3.05, 3.63) is 18.3 Å². The minimum absolute atomic E-state index is 0.718. The van der Waals surface area contributed by atoms with Crippen molar-refractivity contribution in [2.75, 3.05) is 18.1 Å². The summed E-state index contributed by atoms with van der Waals surface area (Å²) in [6, 6.07) is 4.13. The Morgan fingerprint density at radius 3 is 2.79 bits per heavy atom. The number of nitrogens with one attached hydrogen (secondary N) is 1. The lowest BCUT2D eigenvalue weighted by Gasteiger charge is -2.10. The molecule has 3 heteroatoms. The summed E-state index contributed by atoms with van der Waals surface area (Å²) in [6.45, 7) is 5.48. The first-order chi connectivity index (χ1) is 6.76. The Kier molecular flexibility index (Phi) is 4.80. The number of aromatic nitrogens is 1. The van der Waals surface area contributed by atoms with Gasteiger partial charge in [0, 0.05) is 6.54 Å². The summed E-state index contributed by atoms with van der Waals surface area (Å²) >= 11 is 1.67. The molecule has 78 valence electrons. The lowest BCUT2D eigenvalue weighted by Crippen LogP contribution is -2.10. The molecule has 1 heterocycles. The summed E-state index contributed by atoms with van der Waals surface area (Å²) in [5.41, 5.74) is 1.11. The van der Waals surface area contributed by atoms with Crippen molar-refractivity contribution in [2.45, 2.75) is 25.3 Å². The van der Waals surface area contributed by atoms with Crippen molar-refractivity contribution in [1.82, 2.24) is 4.98 Å². The number of nitrogens with zero attached hydrogens (tertiary/aromatic N) is 1. The predicted octanol–water partition coefficient (Wildman–Crippen LogP) is 3.26. The molecule has 0 aliphatic carbocycles. The third kappa shape index (κ3) is 3.58. The molecular formula is C11H18N2S. The van der Waals surface area contributed by atoms with Gasteiger partial charge in [-0.15, -0.1) is 11.8 Å². The summed E-state index contributed by atoms with van der Waals surface area (Å²) in [4.78, 5) is 4.30. The second-order valence-electron chi connectivity index (χ2n) is 3.48. The molecule has 0 aromatic carbocycles. The molecule has 1 atom stereocenters. The number of rotatable bonds is 5. The second-order valence-corrected chi connectivity index (χ2v) is 4.31. The van der Waals surface area contributed by atoms with E-state index in [4.69, 9.17) is 0 Å². The van der Waals surface area contributed by atoms with Crippen molar-refractivity contribution >= 4 is 17.4 Å². The molecule has 0 bridgehead atoms. The lowest BCUT2D eigenvalue weighted by atomic mass is 10.1. The lowest BCUT2D eigenvalue weighted by molar-refractivity contribution is 0.593. The molecule has 0 fully saturated rings. The van der Waals surface area contributed by atoms with E-state index in [9.17, 15) is 0 Å². The van der Waals surface area contributed by atoms with Crippen LogP contribution in [0.4, 0.5) is 5.69 Å². The average molecular weight is 210 g/mol. The maximum Gasteiger partial charge on any atom is 0.0958 e. The second kappa shape index (κ2) is 5.91. The van der Waals surface area contributed by atoms with Gasteiger partial charge in [0.1, 0.15) is 0 Å². The molecule has 0 saturated heterocycles. The van der Waals surface area contributed by atoms with E-state index in [0.29, 0.717) is 0 Å². The quantitative estimate of drug-likeness (QED) is 0.755. The fourth-order valence-electron chi connectivity index (χ4n) is 1.04. The van der Waals surface area contributed by atoms with Gasteiger partial charge in [0.2, 0.25) is 0 Å². The largest absolute Gasteiger partial charge is 0.384 e. The molecule has 0 aliphatic heterocycles. The zero-order valence-corrected chi connectivity index (χ0v) is 9.90. The average Bonchev–Trinajstić information content (AvgIpc) is 2.26. The van der Waals surface area contributed by atoms with Crippen LogP contribution in [0.5, 0.6) is 0 Å². The van der Waals surface area contributed by atoms with E-state index in [2.05, 4.69) is 30.2 Å². The van der Waals surface area contributed by atoms with Gasteiger partial charge in [-0.3, -0.25) is 0 Å². The number of thioether (sulfide) groups is 1. The SMILES string of the molecule is CCC(C)CNc1ccc(SC)nc1. The summed E-state index contributed by atoms with van der Waals surface area (Å²) in [5.74, 6) is 0.718. The molecule has 1 N–H and O–H groups in total. The van der Waals surface area contributed by atoms with Gasteiger partial charge in [-0.2, -0.15) is 0 Å². The molecular weight excluding hydrogens is 192 g/mol. The molecule has 1 unspecified atom stereocenters.